The smallest absolute Gasteiger partial charge is 0.398 e. The molecule has 0 amide bonds. The van der Waals surface area contributed by atoms with Crippen molar-refractivity contribution in [2.75, 3.05) is 18.8 Å². The van der Waals surface area contributed by atoms with Crippen molar-refractivity contribution in [1.29, 1.82) is 0 Å². The Kier molecular flexibility index (Phi) is 5.28. The van der Waals surface area contributed by atoms with Gasteiger partial charge in [-0.25, -0.2) is 0 Å². The predicted octanol–water partition coefficient (Wildman–Crippen LogP) is 3.70. The highest BCUT2D eigenvalue weighted by atomic mass is 35.5. The lowest BCUT2D eigenvalue weighted by atomic mass is 10.1. The third kappa shape index (κ3) is 5.14. The first-order valence-electron chi connectivity index (χ1n) is 5.65. The maximum atomic E-state index is 12.4. The summed E-state index contributed by atoms with van der Waals surface area (Å²) in [5.41, 5.74) is 6.82. The molecule has 2 nitrogen and oxygen atoms in total. The standard InChI is InChI=1S/C12H16ClF3N2/c1-2-5-18(8-12(14,15)16)7-9-3-4-10(13)6-11(9)17/h3-4,6H,2,5,7-8,17H2,1H3. The Labute approximate surface area is 110 Å². The van der Waals surface area contributed by atoms with E-state index in [0.717, 1.165) is 0 Å². The van der Waals surface area contributed by atoms with E-state index in [4.69, 9.17) is 17.3 Å². The highest BCUT2D eigenvalue weighted by molar-refractivity contribution is 6.30. The highest BCUT2D eigenvalue weighted by Crippen LogP contribution is 2.22. The van der Waals surface area contributed by atoms with Crippen LogP contribution < -0.4 is 5.73 Å². The number of nitrogens with two attached hydrogens (primary N) is 1. The highest BCUT2D eigenvalue weighted by Gasteiger charge is 2.30. The lowest BCUT2D eigenvalue weighted by molar-refractivity contribution is -0.147. The fourth-order valence-corrected chi connectivity index (χ4v) is 1.92. The minimum Gasteiger partial charge on any atom is -0.398 e. The van der Waals surface area contributed by atoms with Crippen LogP contribution in [0.3, 0.4) is 0 Å². The van der Waals surface area contributed by atoms with Gasteiger partial charge < -0.3 is 5.73 Å². The van der Waals surface area contributed by atoms with Crippen molar-refractivity contribution in [3.05, 3.63) is 28.8 Å². The molecular formula is C12H16ClF3N2. The van der Waals surface area contributed by atoms with Crippen LogP contribution in [0.15, 0.2) is 18.2 Å². The van der Waals surface area contributed by atoms with Gasteiger partial charge >= 0.3 is 6.18 Å². The first-order chi connectivity index (χ1) is 8.31. The van der Waals surface area contributed by atoms with Crippen molar-refractivity contribution in [3.63, 3.8) is 0 Å². The van der Waals surface area contributed by atoms with Crippen LogP contribution in [0.2, 0.25) is 5.02 Å². The predicted molar refractivity (Wildman–Crippen MR) is 67.5 cm³/mol. The second-order valence-electron chi connectivity index (χ2n) is 4.17. The molecule has 6 heteroatoms. The number of hydrogen-bond acceptors (Lipinski definition) is 2. The van der Waals surface area contributed by atoms with E-state index in [-0.39, 0.29) is 6.54 Å². The van der Waals surface area contributed by atoms with E-state index in [2.05, 4.69) is 0 Å². The Hall–Kier alpha value is -0.940. The number of halogens is 4. The van der Waals surface area contributed by atoms with E-state index in [9.17, 15) is 13.2 Å². The van der Waals surface area contributed by atoms with Gasteiger partial charge in [0.05, 0.1) is 6.54 Å². The summed E-state index contributed by atoms with van der Waals surface area (Å²) in [4.78, 5) is 1.33. The summed E-state index contributed by atoms with van der Waals surface area (Å²) in [6.07, 6.45) is -3.54. The molecule has 0 saturated carbocycles. The first kappa shape index (κ1) is 15.1. The van der Waals surface area contributed by atoms with Gasteiger partial charge in [0.2, 0.25) is 0 Å². The number of alkyl halides is 3. The molecule has 0 saturated heterocycles. The fourth-order valence-electron chi connectivity index (χ4n) is 1.73. The minimum atomic E-state index is -4.20. The van der Waals surface area contributed by atoms with Gasteiger partial charge in [0.15, 0.2) is 0 Å². The zero-order valence-electron chi connectivity index (χ0n) is 10.1. The number of nitrogen functional groups attached to an aromatic ring is 1. The second kappa shape index (κ2) is 6.29. The van der Waals surface area contributed by atoms with Crippen molar-refractivity contribution in [1.82, 2.24) is 4.90 Å². The summed E-state index contributed by atoms with van der Waals surface area (Å²) in [7, 11) is 0. The molecule has 0 radical (unpaired) electrons. The molecule has 18 heavy (non-hydrogen) atoms. The van der Waals surface area contributed by atoms with E-state index in [0.29, 0.717) is 29.2 Å². The van der Waals surface area contributed by atoms with Crippen LogP contribution in [0.25, 0.3) is 0 Å². The molecule has 1 aromatic carbocycles. The molecule has 2 N–H and O–H groups in total. The first-order valence-corrected chi connectivity index (χ1v) is 6.02. The normalized spacial score (nSPS) is 12.1. The number of benzene rings is 1. The Balaban J connectivity index is 2.76. The van der Waals surface area contributed by atoms with Gasteiger partial charge in [-0.3, -0.25) is 4.90 Å². The van der Waals surface area contributed by atoms with E-state index < -0.39 is 12.7 Å². The summed E-state index contributed by atoms with van der Waals surface area (Å²) in [5, 5.41) is 0.481. The quantitative estimate of drug-likeness (QED) is 0.834. The van der Waals surface area contributed by atoms with Crippen molar-refractivity contribution in [3.8, 4) is 0 Å². The zero-order chi connectivity index (χ0) is 13.8. The zero-order valence-corrected chi connectivity index (χ0v) is 10.9. The number of nitrogens with zero attached hydrogens (tertiary/aromatic N) is 1. The third-order valence-electron chi connectivity index (χ3n) is 2.44. The monoisotopic (exact) mass is 280 g/mol. The lowest BCUT2D eigenvalue weighted by Crippen LogP contribution is -2.34. The maximum Gasteiger partial charge on any atom is 0.401 e. The Morgan fingerprint density at radius 3 is 2.50 bits per heavy atom. The molecule has 0 unspecified atom stereocenters. The molecule has 1 rings (SSSR count). The third-order valence-corrected chi connectivity index (χ3v) is 2.68. The van der Waals surface area contributed by atoms with Crippen LogP contribution in [0.1, 0.15) is 18.9 Å². The van der Waals surface area contributed by atoms with Gasteiger partial charge in [-0.15, -0.1) is 0 Å². The second-order valence-corrected chi connectivity index (χ2v) is 4.61. The van der Waals surface area contributed by atoms with Gasteiger partial charge in [0.25, 0.3) is 0 Å². The summed E-state index contributed by atoms with van der Waals surface area (Å²) in [6, 6.07) is 4.84. The van der Waals surface area contributed by atoms with Crippen LogP contribution in [0.4, 0.5) is 18.9 Å². The number of rotatable bonds is 5. The summed E-state index contributed by atoms with van der Waals surface area (Å²) >= 11 is 5.75. The van der Waals surface area contributed by atoms with Crippen LogP contribution in [-0.4, -0.2) is 24.2 Å². The van der Waals surface area contributed by atoms with Crippen molar-refractivity contribution < 1.29 is 13.2 Å². The topological polar surface area (TPSA) is 29.3 Å². The van der Waals surface area contributed by atoms with Gasteiger partial charge in [0.1, 0.15) is 0 Å². The fraction of sp³-hybridized carbons (Fsp3) is 0.500. The molecular weight excluding hydrogens is 265 g/mol. The van der Waals surface area contributed by atoms with Gasteiger partial charge in [-0.1, -0.05) is 24.6 Å². The van der Waals surface area contributed by atoms with E-state index in [1.165, 1.54) is 4.90 Å². The number of anilines is 1. The molecule has 102 valence electrons. The van der Waals surface area contributed by atoms with E-state index in [1.54, 1.807) is 18.2 Å². The van der Waals surface area contributed by atoms with Crippen molar-refractivity contribution in [2.24, 2.45) is 0 Å². The Bertz CT molecular complexity index is 393. The Morgan fingerprint density at radius 1 is 1.33 bits per heavy atom. The van der Waals surface area contributed by atoms with Crippen molar-refractivity contribution in [2.45, 2.75) is 26.1 Å². The molecule has 0 aliphatic heterocycles. The van der Waals surface area contributed by atoms with Crippen LogP contribution in [0.5, 0.6) is 0 Å². The lowest BCUT2D eigenvalue weighted by Gasteiger charge is -2.23. The van der Waals surface area contributed by atoms with E-state index >= 15 is 0 Å². The van der Waals surface area contributed by atoms with Gasteiger partial charge in [0, 0.05) is 17.3 Å². The van der Waals surface area contributed by atoms with Gasteiger partial charge in [-0.05, 0) is 30.7 Å². The molecule has 0 aromatic heterocycles. The minimum absolute atomic E-state index is 0.177. The summed E-state index contributed by atoms with van der Waals surface area (Å²) in [6.45, 7) is 1.47. The Morgan fingerprint density at radius 2 is 2.00 bits per heavy atom. The van der Waals surface area contributed by atoms with Crippen LogP contribution in [0, 0.1) is 0 Å². The molecule has 0 heterocycles. The largest absolute Gasteiger partial charge is 0.401 e. The average Bonchev–Trinajstić information content (AvgIpc) is 2.20. The van der Waals surface area contributed by atoms with Crippen LogP contribution in [-0.2, 0) is 6.54 Å². The summed E-state index contributed by atoms with van der Waals surface area (Å²) < 4.78 is 37.2. The van der Waals surface area contributed by atoms with Crippen LogP contribution >= 0.6 is 11.6 Å². The van der Waals surface area contributed by atoms with Gasteiger partial charge in [-0.2, -0.15) is 13.2 Å². The molecule has 0 atom stereocenters. The molecule has 0 fully saturated rings. The SMILES string of the molecule is CCCN(Cc1ccc(Cl)cc1N)CC(F)(F)F. The molecule has 0 aliphatic rings. The summed E-state index contributed by atoms with van der Waals surface area (Å²) in [5.74, 6) is 0. The maximum absolute atomic E-state index is 12.4. The molecule has 0 bridgehead atoms. The van der Waals surface area contributed by atoms with Crippen molar-refractivity contribution >= 4 is 17.3 Å². The molecule has 0 spiro atoms. The molecule has 0 aliphatic carbocycles. The number of hydrogen-bond donors (Lipinski definition) is 1. The van der Waals surface area contributed by atoms with E-state index in [1.807, 2.05) is 6.92 Å². The average molecular weight is 281 g/mol. The molecule has 1 aromatic rings.